The fourth-order valence-corrected chi connectivity index (χ4v) is 2.81. The van der Waals surface area contributed by atoms with Gasteiger partial charge in [-0.15, -0.1) is 0 Å². The van der Waals surface area contributed by atoms with Gasteiger partial charge in [-0.1, -0.05) is 19.1 Å². The molecule has 2 N–H and O–H groups in total. The van der Waals surface area contributed by atoms with Crippen molar-refractivity contribution >= 4 is 11.9 Å². The zero-order valence-corrected chi connectivity index (χ0v) is 13.7. The van der Waals surface area contributed by atoms with Crippen LogP contribution < -0.4 is 10.6 Å². The Balaban J connectivity index is 1.92. The molecule has 0 bridgehead atoms. The van der Waals surface area contributed by atoms with Crippen molar-refractivity contribution < 1.29 is 4.79 Å². The molecule has 1 amide bonds. The zero-order chi connectivity index (χ0) is 15.9. The van der Waals surface area contributed by atoms with Crippen molar-refractivity contribution in [2.24, 2.45) is 10.9 Å². The van der Waals surface area contributed by atoms with E-state index in [0.717, 1.165) is 30.5 Å². The number of guanidine groups is 1. The third kappa shape index (κ3) is 4.23. The lowest BCUT2D eigenvalue weighted by Gasteiger charge is -2.33. The van der Waals surface area contributed by atoms with Crippen molar-refractivity contribution in [2.75, 3.05) is 27.2 Å². The first-order valence-electron chi connectivity index (χ1n) is 7.90. The van der Waals surface area contributed by atoms with Gasteiger partial charge in [0.15, 0.2) is 5.96 Å². The van der Waals surface area contributed by atoms with E-state index in [0.29, 0.717) is 12.1 Å². The average Bonchev–Trinajstić information content (AvgIpc) is 2.55. The number of nitrogens with one attached hydrogen (secondary N) is 2. The molecule has 120 valence electrons. The van der Waals surface area contributed by atoms with Crippen molar-refractivity contribution in [2.45, 2.75) is 26.3 Å². The average molecular weight is 302 g/mol. The van der Waals surface area contributed by atoms with E-state index in [-0.39, 0.29) is 5.91 Å². The zero-order valence-electron chi connectivity index (χ0n) is 13.7. The third-order valence-electron chi connectivity index (χ3n) is 4.06. The van der Waals surface area contributed by atoms with Gasteiger partial charge in [0.1, 0.15) is 0 Å². The maximum Gasteiger partial charge on any atom is 0.251 e. The van der Waals surface area contributed by atoms with Crippen molar-refractivity contribution in [1.82, 2.24) is 15.5 Å². The van der Waals surface area contributed by atoms with Crippen LogP contribution in [-0.4, -0.2) is 44.0 Å². The topological polar surface area (TPSA) is 56.7 Å². The Morgan fingerprint density at radius 1 is 1.36 bits per heavy atom. The molecule has 0 aliphatic carbocycles. The minimum atomic E-state index is -0.0578. The predicted molar refractivity (Wildman–Crippen MR) is 90.0 cm³/mol. The largest absolute Gasteiger partial charge is 0.355 e. The van der Waals surface area contributed by atoms with Gasteiger partial charge in [0.25, 0.3) is 5.91 Å². The van der Waals surface area contributed by atoms with E-state index in [1.54, 1.807) is 7.05 Å². The van der Waals surface area contributed by atoms with Gasteiger partial charge in [-0.3, -0.25) is 9.79 Å². The molecule has 22 heavy (non-hydrogen) atoms. The Morgan fingerprint density at radius 3 is 2.68 bits per heavy atom. The molecule has 1 heterocycles. The highest BCUT2D eigenvalue weighted by molar-refractivity contribution is 5.93. The fourth-order valence-electron chi connectivity index (χ4n) is 2.81. The number of carbonyl (C=O) groups is 1. The quantitative estimate of drug-likeness (QED) is 0.662. The summed E-state index contributed by atoms with van der Waals surface area (Å²) in [5.41, 5.74) is 1.82. The number of amides is 1. The second kappa shape index (κ2) is 7.82. The number of nitrogens with zero attached hydrogens (tertiary/aromatic N) is 2. The molecular weight excluding hydrogens is 276 g/mol. The molecule has 2 rings (SSSR count). The summed E-state index contributed by atoms with van der Waals surface area (Å²) in [6.45, 7) is 5.14. The molecule has 1 aliphatic heterocycles. The first-order valence-corrected chi connectivity index (χ1v) is 7.90. The molecule has 0 radical (unpaired) electrons. The summed E-state index contributed by atoms with van der Waals surface area (Å²) in [5, 5.41) is 6.04. The van der Waals surface area contributed by atoms with Crippen LogP contribution in [0.3, 0.4) is 0 Å². The van der Waals surface area contributed by atoms with Crippen LogP contribution in [0.5, 0.6) is 0 Å². The summed E-state index contributed by atoms with van der Waals surface area (Å²) in [6.07, 6.45) is 2.52. The highest BCUT2D eigenvalue weighted by Crippen LogP contribution is 2.15. The fraction of sp³-hybridized carbons (Fsp3) is 0.529. The molecule has 1 unspecified atom stereocenters. The van der Waals surface area contributed by atoms with E-state index in [4.69, 9.17) is 0 Å². The number of hydrogen-bond acceptors (Lipinski definition) is 2. The van der Waals surface area contributed by atoms with Crippen LogP contribution in [-0.2, 0) is 6.54 Å². The number of aliphatic imine (C=N–C) groups is 1. The lowest BCUT2D eigenvalue weighted by molar-refractivity contribution is 0.0963. The lowest BCUT2D eigenvalue weighted by Crippen LogP contribution is -2.45. The standard InChI is InChI=1S/C17H26N4O/c1-13-5-4-10-21(12-13)17(19-3)20-11-14-6-8-15(9-7-14)16(22)18-2/h6-9,13H,4-5,10-12H2,1-3H3,(H,18,22)(H,19,20). The monoisotopic (exact) mass is 302 g/mol. The molecule has 0 aromatic heterocycles. The van der Waals surface area contributed by atoms with Crippen molar-refractivity contribution in [3.05, 3.63) is 35.4 Å². The molecule has 0 saturated carbocycles. The van der Waals surface area contributed by atoms with Crippen molar-refractivity contribution in [3.8, 4) is 0 Å². The number of carbonyl (C=O) groups excluding carboxylic acids is 1. The van der Waals surface area contributed by atoms with Crippen LogP contribution in [0.1, 0.15) is 35.7 Å². The van der Waals surface area contributed by atoms with Crippen LogP contribution in [0.15, 0.2) is 29.3 Å². The number of benzene rings is 1. The molecule has 5 nitrogen and oxygen atoms in total. The van der Waals surface area contributed by atoms with E-state index < -0.39 is 0 Å². The van der Waals surface area contributed by atoms with Crippen LogP contribution in [0.25, 0.3) is 0 Å². The predicted octanol–water partition coefficient (Wildman–Crippen LogP) is 1.85. The maximum absolute atomic E-state index is 11.5. The summed E-state index contributed by atoms with van der Waals surface area (Å²) in [7, 11) is 3.47. The Kier molecular flexibility index (Phi) is 5.81. The summed E-state index contributed by atoms with van der Waals surface area (Å²) in [6, 6.07) is 7.65. The van der Waals surface area contributed by atoms with Crippen LogP contribution in [0.4, 0.5) is 0 Å². The smallest absolute Gasteiger partial charge is 0.251 e. The maximum atomic E-state index is 11.5. The Bertz CT molecular complexity index is 524. The highest BCUT2D eigenvalue weighted by Gasteiger charge is 2.18. The van der Waals surface area contributed by atoms with E-state index in [9.17, 15) is 4.79 Å². The van der Waals surface area contributed by atoms with Crippen LogP contribution >= 0.6 is 0 Å². The molecule has 0 spiro atoms. The molecule has 1 saturated heterocycles. The molecular formula is C17H26N4O. The lowest BCUT2D eigenvalue weighted by atomic mass is 10.0. The molecule has 1 aromatic rings. The second-order valence-electron chi connectivity index (χ2n) is 5.87. The second-order valence-corrected chi connectivity index (χ2v) is 5.87. The van der Waals surface area contributed by atoms with Crippen molar-refractivity contribution in [1.29, 1.82) is 0 Å². The van der Waals surface area contributed by atoms with Crippen LogP contribution in [0, 0.1) is 5.92 Å². The van der Waals surface area contributed by atoms with E-state index >= 15 is 0 Å². The van der Waals surface area contributed by atoms with Gasteiger partial charge in [-0.25, -0.2) is 0 Å². The van der Waals surface area contributed by atoms with Gasteiger partial charge in [-0.05, 0) is 36.5 Å². The van der Waals surface area contributed by atoms with Gasteiger partial charge >= 0.3 is 0 Å². The summed E-state index contributed by atoms with van der Waals surface area (Å²) < 4.78 is 0. The van der Waals surface area contributed by atoms with Gasteiger partial charge in [0, 0.05) is 39.3 Å². The summed E-state index contributed by atoms with van der Waals surface area (Å²) >= 11 is 0. The SMILES string of the molecule is CN=C(NCc1ccc(C(=O)NC)cc1)N1CCCC(C)C1. The Labute approximate surface area is 132 Å². The minimum Gasteiger partial charge on any atom is -0.355 e. The highest BCUT2D eigenvalue weighted by atomic mass is 16.1. The number of hydrogen-bond donors (Lipinski definition) is 2. The first kappa shape index (κ1) is 16.3. The van der Waals surface area contributed by atoms with E-state index in [1.807, 2.05) is 31.3 Å². The van der Waals surface area contributed by atoms with Gasteiger partial charge in [0.05, 0.1) is 0 Å². The third-order valence-corrected chi connectivity index (χ3v) is 4.06. The molecule has 1 atom stereocenters. The molecule has 1 fully saturated rings. The van der Waals surface area contributed by atoms with Gasteiger partial charge < -0.3 is 15.5 Å². The molecule has 5 heteroatoms. The minimum absolute atomic E-state index is 0.0578. The Hall–Kier alpha value is -2.04. The van der Waals surface area contributed by atoms with Gasteiger partial charge in [0.2, 0.25) is 0 Å². The van der Waals surface area contributed by atoms with E-state index in [2.05, 4.69) is 27.4 Å². The number of piperidine rings is 1. The van der Waals surface area contributed by atoms with Gasteiger partial charge in [-0.2, -0.15) is 0 Å². The Morgan fingerprint density at radius 2 is 2.09 bits per heavy atom. The normalized spacial score (nSPS) is 19.0. The molecule has 1 aromatic carbocycles. The number of likely N-dealkylation sites (tertiary alicyclic amines) is 1. The summed E-state index contributed by atoms with van der Waals surface area (Å²) in [4.78, 5) is 18.2. The van der Waals surface area contributed by atoms with Crippen molar-refractivity contribution in [3.63, 3.8) is 0 Å². The molecule has 1 aliphatic rings. The number of rotatable bonds is 3. The first-order chi connectivity index (χ1) is 10.6. The summed E-state index contributed by atoms with van der Waals surface area (Å²) in [5.74, 6) is 1.62. The van der Waals surface area contributed by atoms with E-state index in [1.165, 1.54) is 12.8 Å². The van der Waals surface area contributed by atoms with Crippen LogP contribution in [0.2, 0.25) is 0 Å².